The second kappa shape index (κ2) is 6.31. The summed E-state index contributed by atoms with van der Waals surface area (Å²) in [6, 6.07) is 16.9. The molecule has 0 spiro atoms. The second-order valence-electron chi connectivity index (χ2n) is 6.78. The number of hydrogen-bond donors (Lipinski definition) is 2. The van der Waals surface area contributed by atoms with Crippen molar-refractivity contribution in [2.75, 3.05) is 6.54 Å². The number of aromatic nitrogens is 3. The lowest BCUT2D eigenvalue weighted by molar-refractivity contribution is 0.197. The van der Waals surface area contributed by atoms with Crippen LogP contribution < -0.4 is 0 Å². The van der Waals surface area contributed by atoms with Gasteiger partial charge >= 0.3 is 0 Å². The summed E-state index contributed by atoms with van der Waals surface area (Å²) >= 11 is 6.31. The molecule has 0 saturated carbocycles. The van der Waals surface area contributed by atoms with Gasteiger partial charge < -0.3 is 9.97 Å². The molecule has 130 valence electrons. The van der Waals surface area contributed by atoms with E-state index in [1.54, 1.807) is 0 Å². The molecule has 2 aromatic carbocycles. The number of nitrogens with zero attached hydrogens (tertiary/aromatic N) is 2. The van der Waals surface area contributed by atoms with Gasteiger partial charge in [-0.25, -0.2) is 4.98 Å². The number of H-pyrrole nitrogens is 2. The highest BCUT2D eigenvalue weighted by Gasteiger charge is 2.32. The molecule has 0 saturated heterocycles. The van der Waals surface area contributed by atoms with E-state index in [0.717, 1.165) is 30.4 Å². The summed E-state index contributed by atoms with van der Waals surface area (Å²) in [5, 5.41) is 2.09. The highest BCUT2D eigenvalue weighted by atomic mass is 35.5. The van der Waals surface area contributed by atoms with E-state index >= 15 is 0 Å². The van der Waals surface area contributed by atoms with E-state index in [4.69, 9.17) is 11.6 Å². The number of fused-ring (bicyclic) bond motifs is 3. The number of imidazole rings is 1. The zero-order valence-electron chi connectivity index (χ0n) is 14.2. The third-order valence-electron chi connectivity index (χ3n) is 5.21. The number of benzene rings is 2. The molecule has 1 aliphatic rings. The summed E-state index contributed by atoms with van der Waals surface area (Å²) in [6.45, 7) is 1.76. The average molecular weight is 363 g/mol. The van der Waals surface area contributed by atoms with Crippen LogP contribution in [0, 0.1) is 0 Å². The number of aromatic amines is 2. The number of para-hydroxylation sites is 1. The van der Waals surface area contributed by atoms with Gasteiger partial charge in [0.2, 0.25) is 0 Å². The van der Waals surface area contributed by atoms with Gasteiger partial charge in [0.1, 0.15) is 5.82 Å². The van der Waals surface area contributed by atoms with Gasteiger partial charge in [0.25, 0.3) is 0 Å². The average Bonchev–Trinajstić information content (AvgIpc) is 3.28. The first kappa shape index (κ1) is 15.7. The summed E-state index contributed by atoms with van der Waals surface area (Å²) in [5.74, 6) is 0.983. The van der Waals surface area contributed by atoms with Crippen molar-refractivity contribution < 1.29 is 0 Å². The van der Waals surface area contributed by atoms with E-state index in [0.29, 0.717) is 0 Å². The molecule has 1 unspecified atom stereocenters. The minimum Gasteiger partial charge on any atom is -0.357 e. The van der Waals surface area contributed by atoms with Crippen LogP contribution in [0.4, 0.5) is 0 Å². The SMILES string of the molecule is Clc1cccc(C2c3[nH]c4ccccc4c3CCN2Cc2ncc[nH]2)c1. The summed E-state index contributed by atoms with van der Waals surface area (Å²) in [5.41, 5.74) is 5.09. The Hall–Kier alpha value is -2.56. The first-order chi connectivity index (χ1) is 12.8. The van der Waals surface area contributed by atoms with Crippen molar-refractivity contribution in [2.45, 2.75) is 19.0 Å². The van der Waals surface area contributed by atoms with Crippen LogP contribution in [0.1, 0.15) is 28.7 Å². The Morgan fingerprint density at radius 2 is 2.08 bits per heavy atom. The molecule has 4 nitrogen and oxygen atoms in total. The van der Waals surface area contributed by atoms with Crippen LogP contribution in [0.2, 0.25) is 5.02 Å². The third kappa shape index (κ3) is 2.62. The lowest BCUT2D eigenvalue weighted by Gasteiger charge is -2.35. The summed E-state index contributed by atoms with van der Waals surface area (Å²) in [7, 11) is 0. The van der Waals surface area contributed by atoms with Crippen LogP contribution in [0.3, 0.4) is 0 Å². The Bertz CT molecular complexity index is 1050. The number of nitrogens with one attached hydrogen (secondary N) is 2. The molecule has 0 aliphatic carbocycles. The predicted octanol–water partition coefficient (Wildman–Crippen LogP) is 4.69. The van der Waals surface area contributed by atoms with Crippen LogP contribution in [0.25, 0.3) is 10.9 Å². The lowest BCUT2D eigenvalue weighted by Crippen LogP contribution is -2.36. The minimum absolute atomic E-state index is 0.134. The van der Waals surface area contributed by atoms with Gasteiger partial charge in [-0.3, -0.25) is 4.90 Å². The Balaban J connectivity index is 1.65. The molecule has 1 atom stereocenters. The third-order valence-corrected chi connectivity index (χ3v) is 5.44. The van der Waals surface area contributed by atoms with Crippen molar-refractivity contribution in [3.63, 3.8) is 0 Å². The van der Waals surface area contributed by atoms with E-state index in [9.17, 15) is 0 Å². The Morgan fingerprint density at radius 1 is 1.15 bits per heavy atom. The van der Waals surface area contributed by atoms with E-state index in [1.165, 1.54) is 27.7 Å². The first-order valence-electron chi connectivity index (χ1n) is 8.87. The first-order valence-corrected chi connectivity index (χ1v) is 9.24. The number of hydrogen-bond acceptors (Lipinski definition) is 2. The zero-order valence-corrected chi connectivity index (χ0v) is 15.0. The molecule has 2 aromatic heterocycles. The van der Waals surface area contributed by atoms with Gasteiger partial charge in [0.15, 0.2) is 0 Å². The Labute approximate surface area is 156 Å². The van der Waals surface area contributed by atoms with Crippen LogP contribution in [-0.2, 0) is 13.0 Å². The quantitative estimate of drug-likeness (QED) is 0.555. The molecule has 4 aromatic rings. The van der Waals surface area contributed by atoms with Gasteiger partial charge in [0, 0.05) is 40.6 Å². The Kier molecular flexibility index (Phi) is 3.80. The molecule has 0 bridgehead atoms. The Morgan fingerprint density at radius 3 is 2.92 bits per heavy atom. The van der Waals surface area contributed by atoms with Gasteiger partial charge in [0.05, 0.1) is 12.6 Å². The number of halogens is 1. The maximum absolute atomic E-state index is 6.31. The molecule has 0 radical (unpaired) electrons. The molecule has 0 fully saturated rings. The summed E-state index contributed by atoms with van der Waals surface area (Å²) in [6.07, 6.45) is 4.71. The summed E-state index contributed by atoms with van der Waals surface area (Å²) < 4.78 is 0. The summed E-state index contributed by atoms with van der Waals surface area (Å²) in [4.78, 5) is 13.8. The zero-order chi connectivity index (χ0) is 17.5. The maximum atomic E-state index is 6.31. The molecule has 26 heavy (non-hydrogen) atoms. The van der Waals surface area contributed by atoms with Crippen LogP contribution in [0.15, 0.2) is 60.9 Å². The van der Waals surface area contributed by atoms with Crippen LogP contribution in [0.5, 0.6) is 0 Å². The van der Waals surface area contributed by atoms with Crippen LogP contribution in [-0.4, -0.2) is 26.4 Å². The molecular formula is C21H19ClN4. The highest BCUT2D eigenvalue weighted by Crippen LogP contribution is 2.39. The van der Waals surface area contributed by atoms with Crippen molar-refractivity contribution in [1.29, 1.82) is 0 Å². The van der Waals surface area contributed by atoms with Gasteiger partial charge in [-0.2, -0.15) is 0 Å². The van der Waals surface area contributed by atoms with Crippen molar-refractivity contribution in [1.82, 2.24) is 19.9 Å². The highest BCUT2D eigenvalue weighted by molar-refractivity contribution is 6.30. The molecule has 3 heterocycles. The normalized spacial score (nSPS) is 17.5. The molecule has 5 heteroatoms. The van der Waals surface area contributed by atoms with Gasteiger partial charge in [-0.15, -0.1) is 0 Å². The fourth-order valence-electron chi connectivity index (χ4n) is 4.09. The van der Waals surface area contributed by atoms with E-state index in [2.05, 4.69) is 56.3 Å². The van der Waals surface area contributed by atoms with Gasteiger partial charge in [-0.05, 0) is 35.7 Å². The standard InChI is InChI=1S/C21H19ClN4/c22-15-5-3-4-14(12-15)21-20-17(16-6-1-2-7-18(16)25-20)8-11-26(21)13-19-23-9-10-24-19/h1-7,9-10,12,21,25H,8,11,13H2,(H,23,24). The van der Waals surface area contributed by atoms with E-state index < -0.39 is 0 Å². The van der Waals surface area contributed by atoms with Gasteiger partial charge in [-0.1, -0.05) is 41.9 Å². The fraction of sp³-hybridized carbons (Fsp3) is 0.190. The second-order valence-corrected chi connectivity index (χ2v) is 7.21. The topological polar surface area (TPSA) is 47.7 Å². The molecule has 1 aliphatic heterocycles. The molecule has 0 amide bonds. The fourth-order valence-corrected chi connectivity index (χ4v) is 4.29. The lowest BCUT2D eigenvalue weighted by atomic mass is 9.92. The van der Waals surface area contributed by atoms with Crippen molar-refractivity contribution in [3.05, 3.63) is 88.6 Å². The van der Waals surface area contributed by atoms with E-state index in [1.807, 2.05) is 24.5 Å². The van der Waals surface area contributed by atoms with E-state index in [-0.39, 0.29) is 6.04 Å². The van der Waals surface area contributed by atoms with Crippen molar-refractivity contribution in [3.8, 4) is 0 Å². The monoisotopic (exact) mass is 362 g/mol. The predicted molar refractivity (Wildman–Crippen MR) is 104 cm³/mol. The van der Waals surface area contributed by atoms with Crippen molar-refractivity contribution >= 4 is 22.5 Å². The van der Waals surface area contributed by atoms with Crippen molar-refractivity contribution in [2.24, 2.45) is 0 Å². The maximum Gasteiger partial charge on any atom is 0.120 e. The largest absolute Gasteiger partial charge is 0.357 e. The van der Waals surface area contributed by atoms with Crippen LogP contribution >= 0.6 is 11.6 Å². The smallest absolute Gasteiger partial charge is 0.120 e. The minimum atomic E-state index is 0.134. The molecular weight excluding hydrogens is 344 g/mol. The molecule has 5 rings (SSSR count). The number of rotatable bonds is 3. The molecule has 2 N–H and O–H groups in total.